The van der Waals surface area contributed by atoms with Crippen LogP contribution in [0.3, 0.4) is 0 Å². The minimum absolute atomic E-state index is 0.174. The number of nitrogens with zero attached hydrogens (tertiary/aromatic N) is 6. The van der Waals surface area contributed by atoms with Crippen LogP contribution in [0.4, 0.5) is 9.52 Å². The Kier molecular flexibility index (Phi) is 7.35. The predicted octanol–water partition coefficient (Wildman–Crippen LogP) is 5.89. The fourth-order valence-corrected chi connectivity index (χ4v) is 6.10. The van der Waals surface area contributed by atoms with Crippen LogP contribution in [0.1, 0.15) is 23.0 Å². The van der Waals surface area contributed by atoms with Gasteiger partial charge in [-0.25, -0.2) is 14.4 Å². The zero-order valence-electron chi connectivity index (χ0n) is 21.8. The van der Waals surface area contributed by atoms with Crippen molar-refractivity contribution in [1.82, 2.24) is 29.2 Å². The Morgan fingerprint density at radius 1 is 1.25 bits per heavy atom. The minimum Gasteiger partial charge on any atom is -0.331 e. The van der Waals surface area contributed by atoms with Crippen molar-refractivity contribution in [3.63, 3.8) is 0 Å². The number of thiazole rings is 1. The Morgan fingerprint density at radius 3 is 2.77 bits per heavy atom. The van der Waals surface area contributed by atoms with Gasteiger partial charge in [-0.2, -0.15) is 5.10 Å². The summed E-state index contributed by atoms with van der Waals surface area (Å²) in [5.74, 6) is -0.396. The summed E-state index contributed by atoms with van der Waals surface area (Å²) in [5.41, 5.74) is 4.45. The second-order valence-corrected chi connectivity index (χ2v) is 11.8. The number of imidazole rings is 1. The molecule has 0 aliphatic carbocycles. The molecule has 4 heterocycles. The first kappa shape index (κ1) is 26.9. The Hall–Kier alpha value is -3.31. The number of carbonyl (C=O) groups is 1. The van der Waals surface area contributed by atoms with E-state index in [0.717, 1.165) is 24.1 Å². The summed E-state index contributed by atoms with van der Waals surface area (Å²) >= 11 is 15.0. The van der Waals surface area contributed by atoms with E-state index < -0.39 is 18.1 Å². The largest absolute Gasteiger partial charge is 0.331 e. The van der Waals surface area contributed by atoms with Gasteiger partial charge in [0.15, 0.2) is 11.2 Å². The van der Waals surface area contributed by atoms with Crippen LogP contribution in [0.25, 0.3) is 22.0 Å². The van der Waals surface area contributed by atoms with E-state index in [9.17, 15) is 9.18 Å². The molecule has 6 rings (SSSR count). The van der Waals surface area contributed by atoms with Crippen molar-refractivity contribution in [2.24, 2.45) is 0 Å². The molecule has 1 aliphatic heterocycles. The summed E-state index contributed by atoms with van der Waals surface area (Å²) < 4.78 is 17.5. The van der Waals surface area contributed by atoms with Crippen molar-refractivity contribution >= 4 is 56.5 Å². The van der Waals surface area contributed by atoms with Gasteiger partial charge in [-0.3, -0.25) is 14.8 Å². The first-order valence-electron chi connectivity index (χ1n) is 12.8. The number of hydrogen-bond acceptors (Lipinski definition) is 6. The fraction of sp³-hybridized carbons (Fsp3) is 0.286. The summed E-state index contributed by atoms with van der Waals surface area (Å²) in [6.07, 6.45) is 4.95. The highest BCUT2D eigenvalue weighted by atomic mass is 35.5. The number of halogens is 3. The molecule has 8 nitrogen and oxygen atoms in total. The lowest BCUT2D eigenvalue weighted by molar-refractivity contribution is -0.118. The number of rotatable bonds is 8. The van der Waals surface area contributed by atoms with E-state index in [-0.39, 0.29) is 13.0 Å². The monoisotopic (exact) mass is 597 g/mol. The zero-order valence-corrected chi connectivity index (χ0v) is 24.1. The molecular formula is C28H26Cl2FN7OS. The molecule has 0 spiro atoms. The van der Waals surface area contributed by atoms with Gasteiger partial charge in [0, 0.05) is 47.4 Å². The number of anilines is 1. The molecule has 0 saturated heterocycles. The third-order valence-electron chi connectivity index (χ3n) is 7.04. The molecule has 1 amide bonds. The van der Waals surface area contributed by atoms with Crippen molar-refractivity contribution in [3.05, 3.63) is 81.4 Å². The number of carbonyl (C=O) groups excluding carboxylic acids is 1. The van der Waals surface area contributed by atoms with Crippen molar-refractivity contribution < 1.29 is 9.18 Å². The van der Waals surface area contributed by atoms with E-state index in [1.54, 1.807) is 28.7 Å². The number of nitrogens with one attached hydrogen (secondary N) is 1. The average Bonchev–Trinajstić information content (AvgIpc) is 3.72. The van der Waals surface area contributed by atoms with E-state index in [2.05, 4.69) is 46.4 Å². The minimum atomic E-state index is -1.03. The van der Waals surface area contributed by atoms with Gasteiger partial charge in [-0.1, -0.05) is 47.5 Å². The molecular weight excluding hydrogens is 572 g/mol. The highest BCUT2D eigenvalue weighted by Crippen LogP contribution is 2.39. The zero-order chi connectivity index (χ0) is 28.0. The normalized spacial score (nSPS) is 15.6. The number of benzene rings is 2. The number of fused-ring (bicyclic) bond motifs is 2. The van der Waals surface area contributed by atoms with Crippen LogP contribution in [0.15, 0.2) is 54.4 Å². The van der Waals surface area contributed by atoms with Gasteiger partial charge in [0.2, 0.25) is 0 Å². The van der Waals surface area contributed by atoms with Gasteiger partial charge in [0.05, 0.1) is 28.6 Å². The molecule has 206 valence electrons. The van der Waals surface area contributed by atoms with Crippen LogP contribution in [-0.2, 0) is 24.2 Å². The van der Waals surface area contributed by atoms with Crippen LogP contribution >= 0.6 is 34.5 Å². The van der Waals surface area contributed by atoms with Crippen LogP contribution in [0, 0.1) is 0 Å². The van der Waals surface area contributed by atoms with Gasteiger partial charge in [0.1, 0.15) is 11.7 Å². The van der Waals surface area contributed by atoms with E-state index in [4.69, 9.17) is 28.3 Å². The molecule has 0 saturated carbocycles. The lowest BCUT2D eigenvalue weighted by Gasteiger charge is -2.16. The number of likely N-dealkylation sites (N-methyl/N-ethyl adjacent to an activating group) is 1. The molecule has 0 bridgehead atoms. The highest BCUT2D eigenvalue weighted by Gasteiger charge is 2.34. The van der Waals surface area contributed by atoms with E-state index in [0.29, 0.717) is 37.5 Å². The molecule has 1 unspecified atom stereocenters. The van der Waals surface area contributed by atoms with Crippen molar-refractivity contribution in [2.45, 2.75) is 31.6 Å². The Bertz CT molecular complexity index is 1680. The summed E-state index contributed by atoms with van der Waals surface area (Å²) in [6.45, 7) is 1.16. The maximum atomic E-state index is 14.3. The first-order chi connectivity index (χ1) is 19.3. The van der Waals surface area contributed by atoms with Crippen LogP contribution in [0.5, 0.6) is 0 Å². The van der Waals surface area contributed by atoms with Crippen molar-refractivity contribution in [3.8, 4) is 11.1 Å². The van der Waals surface area contributed by atoms with Crippen LogP contribution < -0.4 is 5.32 Å². The summed E-state index contributed by atoms with van der Waals surface area (Å²) in [6, 6.07) is 9.06. The Balaban J connectivity index is 1.40. The number of alkyl halides is 1. The smallest absolute Gasteiger partial charge is 0.257 e. The van der Waals surface area contributed by atoms with E-state index in [1.165, 1.54) is 21.6 Å². The molecule has 40 heavy (non-hydrogen) atoms. The molecule has 3 aromatic heterocycles. The summed E-state index contributed by atoms with van der Waals surface area (Å²) in [4.78, 5) is 24.5. The standard InChI is InChI=1S/C28H26Cl2FN7OS/c1-36(2)9-7-16-3-5-17(6-4-16)19-12-21(29)20-14-38(35-24(20)23(19)30)26(27(39)34-28-32-8-10-40-28)25-22-11-18(31)13-37(22)15-33-25/h3-6,8,10,12,14-15,18,26H,7,9,11,13H2,1-2H3,(H,32,34,39)/t18-,26?/m1/s1. The van der Waals surface area contributed by atoms with Crippen LogP contribution in [-0.4, -0.2) is 61.9 Å². The second kappa shape index (κ2) is 10.9. The third kappa shape index (κ3) is 5.12. The molecule has 12 heteroatoms. The molecule has 5 aromatic rings. The average molecular weight is 599 g/mol. The van der Waals surface area contributed by atoms with Gasteiger partial charge in [0.25, 0.3) is 5.91 Å². The van der Waals surface area contributed by atoms with Gasteiger partial charge < -0.3 is 9.47 Å². The quantitative estimate of drug-likeness (QED) is 0.241. The topological polar surface area (TPSA) is 80.9 Å². The number of aromatic nitrogens is 5. The van der Waals surface area contributed by atoms with Crippen molar-refractivity contribution in [2.75, 3.05) is 26.0 Å². The summed E-state index contributed by atoms with van der Waals surface area (Å²) in [5, 5.41) is 11.3. The van der Waals surface area contributed by atoms with Gasteiger partial charge >= 0.3 is 0 Å². The predicted molar refractivity (Wildman–Crippen MR) is 157 cm³/mol. The summed E-state index contributed by atoms with van der Waals surface area (Å²) in [7, 11) is 4.10. The maximum Gasteiger partial charge on any atom is 0.257 e. The lowest BCUT2D eigenvalue weighted by atomic mass is 10.0. The van der Waals surface area contributed by atoms with E-state index >= 15 is 0 Å². The maximum absolute atomic E-state index is 14.3. The lowest BCUT2D eigenvalue weighted by Crippen LogP contribution is -2.28. The van der Waals surface area contributed by atoms with Gasteiger partial charge in [-0.05, 0) is 37.7 Å². The SMILES string of the molecule is CN(C)CCc1ccc(-c2cc(Cl)c3cn(C(C(=O)Nc4nccs4)c4ncn5c4C[C@@H](F)C5)nc3c2Cl)cc1. The molecule has 0 fully saturated rings. The number of hydrogen-bond donors (Lipinski definition) is 1. The second-order valence-electron chi connectivity index (χ2n) is 10.1. The van der Waals surface area contributed by atoms with Gasteiger partial charge in [-0.15, -0.1) is 11.3 Å². The molecule has 2 aromatic carbocycles. The highest BCUT2D eigenvalue weighted by molar-refractivity contribution is 7.13. The Morgan fingerprint density at radius 2 is 2.05 bits per heavy atom. The van der Waals surface area contributed by atoms with E-state index in [1.807, 2.05) is 18.2 Å². The third-order valence-corrected chi connectivity index (χ3v) is 8.42. The van der Waals surface area contributed by atoms with Crippen LogP contribution in [0.2, 0.25) is 10.0 Å². The van der Waals surface area contributed by atoms with Crippen molar-refractivity contribution in [1.29, 1.82) is 0 Å². The molecule has 2 atom stereocenters. The fourth-order valence-electron chi connectivity index (χ4n) is 5.02. The molecule has 1 N–H and O–H groups in total. The Labute approximate surface area is 244 Å². The number of amides is 1. The first-order valence-corrected chi connectivity index (χ1v) is 14.4. The molecule has 0 radical (unpaired) electrons. The molecule has 1 aliphatic rings.